The van der Waals surface area contributed by atoms with Crippen molar-refractivity contribution in [1.29, 1.82) is 0 Å². The number of phenolic OH excluding ortho intramolecular Hbond substituents is 1. The van der Waals surface area contributed by atoms with E-state index in [1.54, 1.807) is 18.2 Å². The van der Waals surface area contributed by atoms with Crippen molar-refractivity contribution in [2.24, 2.45) is 0 Å². The van der Waals surface area contributed by atoms with Crippen LogP contribution in [0.4, 0.5) is 5.69 Å². The molecule has 2 aromatic rings. The summed E-state index contributed by atoms with van der Waals surface area (Å²) >= 11 is 6.26. The van der Waals surface area contributed by atoms with Gasteiger partial charge < -0.3 is 24.6 Å². The molecule has 5 nitrogen and oxygen atoms in total. The van der Waals surface area contributed by atoms with Gasteiger partial charge in [-0.1, -0.05) is 11.6 Å². The second-order valence-electron chi connectivity index (χ2n) is 4.92. The fraction of sp³-hybridized carbons (Fsp3) is 0.200. The monoisotopic (exact) mass is 305 g/mol. The van der Waals surface area contributed by atoms with E-state index < -0.39 is 0 Å². The van der Waals surface area contributed by atoms with Crippen molar-refractivity contribution in [2.45, 2.75) is 6.04 Å². The van der Waals surface area contributed by atoms with E-state index in [1.807, 2.05) is 12.1 Å². The minimum Gasteiger partial charge on any atom is -0.508 e. The largest absolute Gasteiger partial charge is 0.508 e. The molecule has 21 heavy (non-hydrogen) atoms. The summed E-state index contributed by atoms with van der Waals surface area (Å²) in [5.41, 5.74) is 1.75. The maximum atomic E-state index is 9.47. The number of nitrogens with one attached hydrogen (secondary N) is 1. The molecule has 4 rings (SSSR count). The molecule has 0 saturated heterocycles. The molecule has 1 unspecified atom stereocenters. The molecule has 1 atom stereocenters. The van der Waals surface area contributed by atoms with Crippen LogP contribution in [-0.2, 0) is 0 Å². The van der Waals surface area contributed by atoms with Gasteiger partial charge >= 0.3 is 0 Å². The molecular formula is C15H12ClNO4. The van der Waals surface area contributed by atoms with Crippen molar-refractivity contribution in [1.82, 2.24) is 0 Å². The Labute approximate surface area is 126 Å². The highest BCUT2D eigenvalue weighted by Gasteiger charge is 2.26. The lowest BCUT2D eigenvalue weighted by molar-refractivity contribution is 0.174. The van der Waals surface area contributed by atoms with Crippen LogP contribution in [0.25, 0.3) is 0 Å². The summed E-state index contributed by atoms with van der Waals surface area (Å²) in [6, 6.07) is 8.62. The maximum Gasteiger partial charge on any atom is 0.231 e. The van der Waals surface area contributed by atoms with E-state index in [2.05, 4.69) is 5.32 Å². The van der Waals surface area contributed by atoms with E-state index in [1.165, 1.54) is 0 Å². The number of phenols is 1. The van der Waals surface area contributed by atoms with Crippen LogP contribution < -0.4 is 19.5 Å². The third-order valence-electron chi connectivity index (χ3n) is 3.57. The molecule has 0 aromatic heterocycles. The van der Waals surface area contributed by atoms with Gasteiger partial charge in [0.1, 0.15) is 18.1 Å². The van der Waals surface area contributed by atoms with Crippen LogP contribution in [-0.4, -0.2) is 18.5 Å². The Morgan fingerprint density at radius 1 is 1.05 bits per heavy atom. The Kier molecular flexibility index (Phi) is 2.75. The zero-order chi connectivity index (χ0) is 14.4. The van der Waals surface area contributed by atoms with E-state index in [9.17, 15) is 5.11 Å². The SMILES string of the molecule is Oc1ccc2c(c1)OCC2Nc1cc2c(cc1Cl)OCO2. The summed E-state index contributed by atoms with van der Waals surface area (Å²) in [4.78, 5) is 0. The molecule has 0 amide bonds. The van der Waals surface area contributed by atoms with E-state index in [0.29, 0.717) is 28.9 Å². The first-order valence-corrected chi connectivity index (χ1v) is 6.90. The van der Waals surface area contributed by atoms with Gasteiger partial charge in [0.25, 0.3) is 0 Å². The van der Waals surface area contributed by atoms with Gasteiger partial charge in [0.15, 0.2) is 11.5 Å². The quantitative estimate of drug-likeness (QED) is 0.891. The van der Waals surface area contributed by atoms with Crippen molar-refractivity contribution in [2.75, 3.05) is 18.7 Å². The van der Waals surface area contributed by atoms with Gasteiger partial charge in [-0.25, -0.2) is 0 Å². The van der Waals surface area contributed by atoms with E-state index >= 15 is 0 Å². The van der Waals surface area contributed by atoms with Crippen LogP contribution >= 0.6 is 11.6 Å². The predicted molar refractivity (Wildman–Crippen MR) is 77.5 cm³/mol. The third kappa shape index (κ3) is 2.10. The Hall–Kier alpha value is -2.27. The van der Waals surface area contributed by atoms with Crippen LogP contribution in [0.2, 0.25) is 5.02 Å². The third-order valence-corrected chi connectivity index (χ3v) is 3.88. The molecule has 6 heteroatoms. The van der Waals surface area contributed by atoms with Gasteiger partial charge in [0.05, 0.1) is 16.8 Å². The Bertz CT molecular complexity index is 719. The van der Waals surface area contributed by atoms with Gasteiger partial charge in [-0.3, -0.25) is 0 Å². The molecule has 2 aliphatic rings. The molecular weight excluding hydrogens is 294 g/mol. The standard InChI is InChI=1S/C15H12ClNO4/c16-10-4-14-15(21-7-20-14)5-11(10)17-12-6-19-13-3-8(18)1-2-9(12)13/h1-5,12,17-18H,6-7H2. The summed E-state index contributed by atoms with van der Waals surface area (Å²) in [6.07, 6.45) is 0. The van der Waals surface area contributed by atoms with E-state index in [-0.39, 0.29) is 18.6 Å². The number of ether oxygens (including phenoxy) is 3. The summed E-state index contributed by atoms with van der Waals surface area (Å²) in [7, 11) is 0. The smallest absolute Gasteiger partial charge is 0.231 e. The number of hydrogen-bond acceptors (Lipinski definition) is 5. The predicted octanol–water partition coefficient (Wildman–Crippen LogP) is 3.32. The number of fused-ring (bicyclic) bond motifs is 2. The van der Waals surface area contributed by atoms with Crippen LogP contribution in [0, 0.1) is 0 Å². The molecule has 2 aromatic carbocycles. The van der Waals surface area contributed by atoms with Crippen molar-refractivity contribution in [3.05, 3.63) is 40.9 Å². The number of aromatic hydroxyl groups is 1. The van der Waals surface area contributed by atoms with E-state index in [4.69, 9.17) is 25.8 Å². The molecule has 0 fully saturated rings. The van der Waals surface area contributed by atoms with Gasteiger partial charge in [-0.05, 0) is 12.1 Å². The summed E-state index contributed by atoms with van der Waals surface area (Å²) < 4.78 is 16.2. The maximum absolute atomic E-state index is 9.47. The molecule has 0 saturated carbocycles. The van der Waals surface area contributed by atoms with Gasteiger partial charge in [0, 0.05) is 23.8 Å². The minimum absolute atomic E-state index is 0.0292. The first-order valence-electron chi connectivity index (χ1n) is 6.52. The summed E-state index contributed by atoms with van der Waals surface area (Å²) in [5.74, 6) is 2.20. The lowest BCUT2D eigenvalue weighted by Gasteiger charge is -2.15. The molecule has 0 aliphatic carbocycles. The highest BCUT2D eigenvalue weighted by Crippen LogP contribution is 2.42. The van der Waals surface area contributed by atoms with Crippen molar-refractivity contribution < 1.29 is 19.3 Å². The van der Waals surface area contributed by atoms with Gasteiger partial charge in [-0.15, -0.1) is 0 Å². The molecule has 0 bridgehead atoms. The molecule has 0 spiro atoms. The highest BCUT2D eigenvalue weighted by atomic mass is 35.5. The first kappa shape index (κ1) is 12.5. The molecule has 0 radical (unpaired) electrons. The zero-order valence-corrected chi connectivity index (χ0v) is 11.7. The van der Waals surface area contributed by atoms with E-state index in [0.717, 1.165) is 11.3 Å². The second-order valence-corrected chi connectivity index (χ2v) is 5.32. The molecule has 2 N–H and O–H groups in total. The Morgan fingerprint density at radius 2 is 1.86 bits per heavy atom. The number of anilines is 1. The van der Waals surface area contributed by atoms with Gasteiger partial charge in [-0.2, -0.15) is 0 Å². The Morgan fingerprint density at radius 3 is 2.71 bits per heavy atom. The average molecular weight is 306 g/mol. The normalized spacial score (nSPS) is 18.2. The number of hydrogen-bond donors (Lipinski definition) is 2. The van der Waals surface area contributed by atoms with Crippen LogP contribution in [0.5, 0.6) is 23.0 Å². The first-order chi connectivity index (χ1) is 10.2. The number of rotatable bonds is 2. The van der Waals surface area contributed by atoms with Crippen molar-refractivity contribution >= 4 is 17.3 Å². The van der Waals surface area contributed by atoms with Crippen molar-refractivity contribution in [3.63, 3.8) is 0 Å². The molecule has 2 aliphatic heterocycles. The minimum atomic E-state index is -0.0292. The number of halogens is 1. The summed E-state index contributed by atoms with van der Waals surface area (Å²) in [5, 5.41) is 13.4. The molecule has 108 valence electrons. The number of benzene rings is 2. The van der Waals surface area contributed by atoms with Crippen LogP contribution in [0.3, 0.4) is 0 Å². The van der Waals surface area contributed by atoms with Crippen LogP contribution in [0.15, 0.2) is 30.3 Å². The topological polar surface area (TPSA) is 60.0 Å². The fourth-order valence-electron chi connectivity index (χ4n) is 2.53. The Balaban J connectivity index is 1.64. The van der Waals surface area contributed by atoms with Crippen LogP contribution in [0.1, 0.15) is 11.6 Å². The highest BCUT2D eigenvalue weighted by molar-refractivity contribution is 6.33. The molecule has 2 heterocycles. The average Bonchev–Trinajstić information content (AvgIpc) is 3.06. The lowest BCUT2D eigenvalue weighted by Crippen LogP contribution is -2.12. The zero-order valence-electron chi connectivity index (χ0n) is 10.9. The van der Waals surface area contributed by atoms with Crippen molar-refractivity contribution in [3.8, 4) is 23.0 Å². The fourth-order valence-corrected chi connectivity index (χ4v) is 2.74. The lowest BCUT2D eigenvalue weighted by atomic mass is 10.1. The second kappa shape index (κ2) is 4.63. The summed E-state index contributed by atoms with van der Waals surface area (Å²) in [6.45, 7) is 0.688. The van der Waals surface area contributed by atoms with Gasteiger partial charge in [0.2, 0.25) is 6.79 Å².